The summed E-state index contributed by atoms with van der Waals surface area (Å²) < 4.78 is 19.4. The predicted octanol–water partition coefficient (Wildman–Crippen LogP) is 4.26. The van der Waals surface area contributed by atoms with Crippen molar-refractivity contribution in [3.05, 3.63) is 34.6 Å². The van der Waals surface area contributed by atoms with Crippen LogP contribution in [0.15, 0.2) is 18.2 Å². The Labute approximate surface area is 117 Å². The molecule has 2 nitrogen and oxygen atoms in total. The maximum absolute atomic E-state index is 13.5. The highest BCUT2D eigenvalue weighted by Gasteiger charge is 2.49. The Morgan fingerprint density at radius 3 is 2.53 bits per heavy atom. The molecule has 1 aromatic rings. The van der Waals surface area contributed by atoms with E-state index in [1.165, 1.54) is 12.1 Å². The smallest absolute Gasteiger partial charge is 0.170 e. The maximum atomic E-state index is 13.5. The number of halogens is 2. The van der Waals surface area contributed by atoms with Crippen molar-refractivity contribution in [2.24, 2.45) is 5.92 Å². The summed E-state index contributed by atoms with van der Waals surface area (Å²) in [6.45, 7) is 7.68. The molecule has 1 unspecified atom stereocenters. The molecule has 0 saturated carbocycles. The topological polar surface area (TPSA) is 26.3 Å². The van der Waals surface area contributed by atoms with Gasteiger partial charge in [-0.1, -0.05) is 17.7 Å². The Bertz CT molecular complexity index is 523. The third-order valence-corrected chi connectivity index (χ3v) is 3.99. The Balaban J connectivity index is 2.37. The van der Waals surface area contributed by atoms with Gasteiger partial charge in [-0.3, -0.25) is 4.79 Å². The molecule has 1 heterocycles. The van der Waals surface area contributed by atoms with Gasteiger partial charge in [0.25, 0.3) is 0 Å². The Morgan fingerprint density at radius 1 is 1.37 bits per heavy atom. The number of carbonyl (C=O) groups is 1. The molecule has 0 amide bonds. The van der Waals surface area contributed by atoms with E-state index in [4.69, 9.17) is 16.3 Å². The first-order valence-electron chi connectivity index (χ1n) is 6.32. The summed E-state index contributed by atoms with van der Waals surface area (Å²) in [6, 6.07) is 4.32. The van der Waals surface area contributed by atoms with Crippen molar-refractivity contribution in [2.75, 3.05) is 0 Å². The van der Waals surface area contributed by atoms with Crippen LogP contribution in [0.1, 0.15) is 44.5 Å². The van der Waals surface area contributed by atoms with E-state index in [0.717, 1.165) is 0 Å². The lowest BCUT2D eigenvalue weighted by atomic mass is 9.81. The predicted molar refractivity (Wildman–Crippen MR) is 73.1 cm³/mol. The minimum absolute atomic E-state index is 0.104. The fraction of sp³-hybridized carbons (Fsp3) is 0.533. The largest absolute Gasteiger partial charge is 0.369 e. The zero-order chi connectivity index (χ0) is 14.4. The molecule has 1 atom stereocenters. The average Bonchev–Trinajstić information content (AvgIpc) is 2.50. The van der Waals surface area contributed by atoms with Crippen LogP contribution in [0.2, 0.25) is 5.02 Å². The molecular weight excluding hydrogens is 267 g/mol. The van der Waals surface area contributed by atoms with Crippen LogP contribution in [0.5, 0.6) is 0 Å². The molecule has 1 aliphatic rings. The molecular formula is C15H18ClFO2. The molecule has 104 valence electrons. The van der Waals surface area contributed by atoms with Gasteiger partial charge in [0.1, 0.15) is 5.82 Å². The number of hydrogen-bond donors (Lipinski definition) is 0. The molecule has 0 spiro atoms. The van der Waals surface area contributed by atoms with E-state index in [2.05, 4.69) is 0 Å². The molecule has 1 saturated heterocycles. The van der Waals surface area contributed by atoms with E-state index in [1.54, 1.807) is 6.07 Å². The lowest BCUT2D eigenvalue weighted by molar-refractivity contribution is -0.0712. The summed E-state index contributed by atoms with van der Waals surface area (Å²) in [5, 5.41) is -0.104. The van der Waals surface area contributed by atoms with Crippen molar-refractivity contribution in [1.82, 2.24) is 0 Å². The first kappa shape index (κ1) is 14.5. The quantitative estimate of drug-likeness (QED) is 0.759. The lowest BCUT2D eigenvalue weighted by Crippen LogP contribution is -2.34. The van der Waals surface area contributed by atoms with E-state index in [-0.39, 0.29) is 27.9 Å². The highest BCUT2D eigenvalue weighted by atomic mass is 35.5. The van der Waals surface area contributed by atoms with Crippen LogP contribution in [0.4, 0.5) is 4.39 Å². The fourth-order valence-corrected chi connectivity index (χ4v) is 3.07. The minimum Gasteiger partial charge on any atom is -0.369 e. The second kappa shape index (κ2) is 4.57. The van der Waals surface area contributed by atoms with Gasteiger partial charge in [-0.15, -0.1) is 0 Å². The van der Waals surface area contributed by atoms with Crippen molar-refractivity contribution in [1.29, 1.82) is 0 Å². The maximum Gasteiger partial charge on any atom is 0.170 e. The number of benzene rings is 1. The van der Waals surface area contributed by atoms with Crippen molar-refractivity contribution in [3.63, 3.8) is 0 Å². The van der Waals surface area contributed by atoms with Gasteiger partial charge in [-0.2, -0.15) is 0 Å². The van der Waals surface area contributed by atoms with Crippen LogP contribution in [-0.4, -0.2) is 17.0 Å². The first-order valence-corrected chi connectivity index (χ1v) is 6.70. The number of rotatable bonds is 2. The van der Waals surface area contributed by atoms with Gasteiger partial charge < -0.3 is 4.74 Å². The van der Waals surface area contributed by atoms with E-state index in [0.29, 0.717) is 6.42 Å². The summed E-state index contributed by atoms with van der Waals surface area (Å²) in [4.78, 5) is 12.6. The molecule has 1 fully saturated rings. The first-order chi connectivity index (χ1) is 8.64. The molecule has 1 aliphatic heterocycles. The van der Waals surface area contributed by atoms with Crippen molar-refractivity contribution < 1.29 is 13.9 Å². The third kappa shape index (κ3) is 2.67. The van der Waals surface area contributed by atoms with Crippen LogP contribution in [0, 0.1) is 11.7 Å². The second-order valence-electron chi connectivity index (χ2n) is 6.19. The Morgan fingerprint density at radius 2 is 2.00 bits per heavy atom. The number of ketones is 1. The number of Topliss-reactive ketones (excluding diaryl/α,β-unsaturated/α-hetero) is 1. The molecule has 0 N–H and O–H groups in total. The van der Waals surface area contributed by atoms with Gasteiger partial charge in [-0.25, -0.2) is 4.39 Å². The Hall–Kier alpha value is -0.930. The minimum atomic E-state index is -0.573. The molecule has 4 heteroatoms. The molecule has 0 bridgehead atoms. The summed E-state index contributed by atoms with van der Waals surface area (Å²) in [6.07, 6.45) is 0.603. The van der Waals surface area contributed by atoms with E-state index in [1.807, 2.05) is 27.7 Å². The lowest BCUT2D eigenvalue weighted by Gasteiger charge is -2.26. The second-order valence-corrected chi connectivity index (χ2v) is 6.57. The van der Waals surface area contributed by atoms with Gasteiger partial charge >= 0.3 is 0 Å². The van der Waals surface area contributed by atoms with Crippen LogP contribution in [0.3, 0.4) is 0 Å². The number of ether oxygens (including phenoxy) is 1. The molecule has 0 aromatic heterocycles. The van der Waals surface area contributed by atoms with Crippen LogP contribution in [-0.2, 0) is 4.74 Å². The summed E-state index contributed by atoms with van der Waals surface area (Å²) in [5.74, 6) is -1.04. The SMILES string of the molecule is CC1(C)CC(C(=O)c2cccc(F)c2Cl)C(C)(C)O1. The van der Waals surface area contributed by atoms with Crippen molar-refractivity contribution in [3.8, 4) is 0 Å². The van der Waals surface area contributed by atoms with Gasteiger partial charge in [0.15, 0.2) is 5.78 Å². The molecule has 2 rings (SSSR count). The van der Waals surface area contributed by atoms with Gasteiger partial charge in [-0.05, 0) is 46.2 Å². The monoisotopic (exact) mass is 284 g/mol. The summed E-state index contributed by atoms with van der Waals surface area (Å²) in [7, 11) is 0. The molecule has 0 aliphatic carbocycles. The van der Waals surface area contributed by atoms with Gasteiger partial charge in [0, 0.05) is 5.56 Å². The van der Waals surface area contributed by atoms with Crippen molar-refractivity contribution in [2.45, 2.75) is 45.3 Å². The van der Waals surface area contributed by atoms with E-state index >= 15 is 0 Å². The highest BCUT2D eigenvalue weighted by molar-refractivity contribution is 6.34. The molecule has 19 heavy (non-hydrogen) atoms. The van der Waals surface area contributed by atoms with Crippen LogP contribution < -0.4 is 0 Å². The number of carbonyl (C=O) groups excluding carboxylic acids is 1. The summed E-state index contributed by atoms with van der Waals surface area (Å²) in [5.41, 5.74) is -0.694. The van der Waals surface area contributed by atoms with Gasteiger partial charge in [0.05, 0.1) is 22.1 Å². The zero-order valence-electron chi connectivity index (χ0n) is 11.6. The van der Waals surface area contributed by atoms with Crippen LogP contribution >= 0.6 is 11.6 Å². The average molecular weight is 285 g/mol. The normalized spacial score (nSPS) is 24.4. The fourth-order valence-electron chi connectivity index (χ4n) is 2.85. The highest BCUT2D eigenvalue weighted by Crippen LogP contribution is 2.44. The zero-order valence-corrected chi connectivity index (χ0v) is 12.3. The van der Waals surface area contributed by atoms with Gasteiger partial charge in [0.2, 0.25) is 0 Å². The van der Waals surface area contributed by atoms with Crippen molar-refractivity contribution >= 4 is 17.4 Å². The third-order valence-electron chi connectivity index (χ3n) is 3.61. The standard InChI is InChI=1S/C15H18ClFO2/c1-14(2)8-10(15(3,4)19-14)13(18)9-6-5-7-11(17)12(9)16/h5-7,10H,8H2,1-4H3. The van der Waals surface area contributed by atoms with E-state index < -0.39 is 11.4 Å². The molecule has 1 aromatic carbocycles. The van der Waals surface area contributed by atoms with Crippen LogP contribution in [0.25, 0.3) is 0 Å². The van der Waals surface area contributed by atoms with E-state index in [9.17, 15) is 9.18 Å². The Kier molecular flexibility index (Phi) is 3.48. The summed E-state index contributed by atoms with van der Waals surface area (Å²) >= 11 is 5.89. The molecule has 0 radical (unpaired) electrons. The number of hydrogen-bond acceptors (Lipinski definition) is 2.